The lowest BCUT2D eigenvalue weighted by Crippen LogP contribution is -2.26. The van der Waals surface area contributed by atoms with Crippen molar-refractivity contribution in [3.05, 3.63) is 40.2 Å². The number of pyridine rings is 1. The molecule has 0 saturated carbocycles. The molecule has 0 amide bonds. The second-order valence-electron chi connectivity index (χ2n) is 4.50. The Labute approximate surface area is 119 Å². The van der Waals surface area contributed by atoms with Crippen LogP contribution in [0, 0.1) is 0 Å². The molecule has 0 fully saturated rings. The Morgan fingerprint density at radius 2 is 2.14 bits per heavy atom. The van der Waals surface area contributed by atoms with Gasteiger partial charge in [-0.15, -0.1) is 0 Å². The maximum atomic E-state index is 12.0. The van der Waals surface area contributed by atoms with Crippen molar-refractivity contribution in [1.29, 1.82) is 0 Å². The largest absolute Gasteiger partial charge is 0.495 e. The van der Waals surface area contributed by atoms with Gasteiger partial charge in [0.15, 0.2) is 5.43 Å². The molecule has 2 rings (SSSR count). The first-order valence-electron chi connectivity index (χ1n) is 6.22. The number of aromatic carboxylic acids is 1. The predicted octanol–water partition coefficient (Wildman–Crippen LogP) is 0.0615. The average molecular weight is 293 g/mol. The van der Waals surface area contributed by atoms with Crippen LogP contribution in [0.5, 0.6) is 5.75 Å². The van der Waals surface area contributed by atoms with Gasteiger partial charge in [0.05, 0.1) is 31.9 Å². The maximum absolute atomic E-state index is 12.0. The quantitative estimate of drug-likeness (QED) is 0.719. The van der Waals surface area contributed by atoms with Crippen LogP contribution in [-0.2, 0) is 6.54 Å². The molecule has 1 unspecified atom stereocenters. The fourth-order valence-electron chi connectivity index (χ4n) is 2.20. The lowest BCUT2D eigenvalue weighted by Gasteiger charge is -2.18. The third-order valence-electron chi connectivity index (χ3n) is 3.14. The third-order valence-corrected chi connectivity index (χ3v) is 3.14. The minimum atomic E-state index is -1.30. The molecule has 0 aliphatic rings. The molecule has 0 aliphatic heterocycles. The fraction of sp³-hybridized carbons (Fsp3) is 0.286. The van der Waals surface area contributed by atoms with Crippen LogP contribution < -0.4 is 10.2 Å². The number of methoxy groups -OCH3 is 1. The Morgan fingerprint density at radius 1 is 1.43 bits per heavy atom. The van der Waals surface area contributed by atoms with Gasteiger partial charge in [0, 0.05) is 11.5 Å². The van der Waals surface area contributed by atoms with E-state index in [1.807, 2.05) is 0 Å². The van der Waals surface area contributed by atoms with Gasteiger partial charge in [-0.3, -0.25) is 4.79 Å². The maximum Gasteiger partial charge on any atom is 0.352 e. The normalized spacial score (nSPS) is 12.3. The van der Waals surface area contributed by atoms with Crippen molar-refractivity contribution >= 4 is 16.9 Å². The van der Waals surface area contributed by atoms with Gasteiger partial charge >= 0.3 is 5.97 Å². The summed E-state index contributed by atoms with van der Waals surface area (Å²) in [5.41, 5.74) is -0.446. The monoisotopic (exact) mass is 293 g/mol. The molecule has 21 heavy (non-hydrogen) atoms. The molecule has 0 saturated heterocycles. The number of hydrogen-bond donors (Lipinski definition) is 3. The summed E-state index contributed by atoms with van der Waals surface area (Å²) in [6, 6.07) is 5.76. The summed E-state index contributed by atoms with van der Waals surface area (Å²) < 4.78 is 6.44. The number of fused-ring (bicyclic) bond motifs is 1. The van der Waals surface area contributed by atoms with Crippen molar-refractivity contribution in [2.75, 3.05) is 13.7 Å². The summed E-state index contributed by atoms with van der Waals surface area (Å²) >= 11 is 0. The third kappa shape index (κ3) is 2.74. The lowest BCUT2D eigenvalue weighted by molar-refractivity contribution is 0.0655. The molecule has 1 aromatic carbocycles. The van der Waals surface area contributed by atoms with Gasteiger partial charge in [-0.25, -0.2) is 4.79 Å². The number of hydrogen-bond acceptors (Lipinski definition) is 5. The van der Waals surface area contributed by atoms with E-state index in [9.17, 15) is 19.8 Å². The number of carbonyl (C=O) groups is 1. The summed E-state index contributed by atoms with van der Waals surface area (Å²) in [6.45, 7) is -0.697. The van der Waals surface area contributed by atoms with Gasteiger partial charge in [0.1, 0.15) is 11.4 Å². The van der Waals surface area contributed by atoms with Crippen LogP contribution in [0.25, 0.3) is 10.9 Å². The Morgan fingerprint density at radius 3 is 2.71 bits per heavy atom. The Bertz CT molecular complexity index is 736. The van der Waals surface area contributed by atoms with Gasteiger partial charge < -0.3 is 24.6 Å². The van der Waals surface area contributed by atoms with E-state index in [0.29, 0.717) is 5.75 Å². The first-order valence-corrected chi connectivity index (χ1v) is 6.22. The van der Waals surface area contributed by atoms with E-state index < -0.39 is 24.1 Å². The van der Waals surface area contributed by atoms with Crippen LogP contribution in [0.15, 0.2) is 29.1 Å². The molecule has 0 bridgehead atoms. The molecule has 3 N–H and O–H groups in total. The average Bonchev–Trinajstić information content (AvgIpc) is 2.48. The second-order valence-corrected chi connectivity index (χ2v) is 4.50. The molecule has 7 nitrogen and oxygen atoms in total. The van der Waals surface area contributed by atoms with Crippen LogP contribution in [0.4, 0.5) is 0 Å². The minimum Gasteiger partial charge on any atom is -0.495 e. The molecule has 7 heteroatoms. The summed E-state index contributed by atoms with van der Waals surface area (Å²) in [5.74, 6) is -0.983. The summed E-state index contributed by atoms with van der Waals surface area (Å²) in [6.07, 6.45) is -1.15. The standard InChI is InChI=1S/C14H15NO6/c1-21-12-4-2-3-9-11(18)5-10(14(19)20)15(13(9)12)6-8(17)7-16/h2-5,8,16-17H,6-7H2,1H3,(H,19,20). The number of aliphatic hydroxyl groups excluding tert-OH is 2. The van der Waals surface area contributed by atoms with Gasteiger partial charge in [-0.1, -0.05) is 6.07 Å². The number of aliphatic hydroxyl groups is 2. The number of para-hydroxylation sites is 1. The van der Waals surface area contributed by atoms with E-state index in [0.717, 1.165) is 6.07 Å². The molecule has 112 valence electrons. The molecule has 1 atom stereocenters. The van der Waals surface area contributed by atoms with Crippen LogP contribution in [-0.4, -0.2) is 45.7 Å². The van der Waals surface area contributed by atoms with E-state index in [-0.39, 0.29) is 23.1 Å². The molecule has 0 radical (unpaired) electrons. The molecule has 1 heterocycles. The van der Waals surface area contributed by atoms with Crippen LogP contribution >= 0.6 is 0 Å². The van der Waals surface area contributed by atoms with Crippen LogP contribution in [0.3, 0.4) is 0 Å². The SMILES string of the molecule is COc1cccc2c(=O)cc(C(=O)O)n(CC(O)CO)c12. The van der Waals surface area contributed by atoms with E-state index in [1.54, 1.807) is 18.2 Å². The second kappa shape index (κ2) is 5.94. The summed E-state index contributed by atoms with van der Waals surface area (Å²) in [7, 11) is 1.40. The number of rotatable bonds is 5. The number of carboxylic acid groups (broad SMARTS) is 1. The summed E-state index contributed by atoms with van der Waals surface area (Å²) in [4.78, 5) is 23.4. The van der Waals surface area contributed by atoms with Crippen molar-refractivity contribution in [2.45, 2.75) is 12.6 Å². The zero-order valence-electron chi connectivity index (χ0n) is 11.3. The number of aromatic nitrogens is 1. The van der Waals surface area contributed by atoms with Gasteiger partial charge in [-0.05, 0) is 12.1 Å². The van der Waals surface area contributed by atoms with Crippen molar-refractivity contribution in [3.63, 3.8) is 0 Å². The van der Waals surface area contributed by atoms with Crippen LogP contribution in [0.1, 0.15) is 10.5 Å². The fourth-order valence-corrected chi connectivity index (χ4v) is 2.20. The van der Waals surface area contributed by atoms with Gasteiger partial charge in [0.2, 0.25) is 0 Å². The minimum absolute atomic E-state index is 0.171. The van der Waals surface area contributed by atoms with E-state index in [4.69, 9.17) is 9.84 Å². The molecular formula is C14H15NO6. The topological polar surface area (TPSA) is 109 Å². The Hall–Kier alpha value is -2.38. The highest BCUT2D eigenvalue weighted by Gasteiger charge is 2.19. The number of benzene rings is 1. The molecule has 0 aliphatic carbocycles. The van der Waals surface area contributed by atoms with Crippen molar-refractivity contribution in [2.24, 2.45) is 0 Å². The molecule has 0 spiro atoms. The van der Waals surface area contributed by atoms with Crippen molar-refractivity contribution in [1.82, 2.24) is 4.57 Å². The highest BCUT2D eigenvalue weighted by Crippen LogP contribution is 2.25. The van der Waals surface area contributed by atoms with E-state index >= 15 is 0 Å². The van der Waals surface area contributed by atoms with E-state index in [2.05, 4.69) is 0 Å². The molecule has 2 aromatic rings. The highest BCUT2D eigenvalue weighted by molar-refractivity contribution is 5.92. The first kappa shape index (κ1) is 15.0. The van der Waals surface area contributed by atoms with Gasteiger partial charge in [0.25, 0.3) is 0 Å². The van der Waals surface area contributed by atoms with Crippen LogP contribution in [0.2, 0.25) is 0 Å². The Balaban J connectivity index is 2.87. The summed E-state index contributed by atoms with van der Waals surface area (Å²) in [5, 5.41) is 28.1. The zero-order chi connectivity index (χ0) is 15.6. The predicted molar refractivity (Wildman–Crippen MR) is 74.8 cm³/mol. The highest BCUT2D eigenvalue weighted by atomic mass is 16.5. The van der Waals surface area contributed by atoms with Crippen molar-refractivity contribution < 1.29 is 24.9 Å². The number of nitrogens with zero attached hydrogens (tertiary/aromatic N) is 1. The molecular weight excluding hydrogens is 278 g/mol. The van der Waals surface area contributed by atoms with Gasteiger partial charge in [-0.2, -0.15) is 0 Å². The number of ether oxygens (including phenoxy) is 1. The van der Waals surface area contributed by atoms with E-state index in [1.165, 1.54) is 11.7 Å². The first-order chi connectivity index (χ1) is 9.99. The molecule has 1 aromatic heterocycles. The smallest absolute Gasteiger partial charge is 0.352 e. The number of carboxylic acids is 1. The van der Waals surface area contributed by atoms with Crippen molar-refractivity contribution in [3.8, 4) is 5.75 Å². The Kier molecular flexibility index (Phi) is 4.25. The lowest BCUT2D eigenvalue weighted by atomic mass is 10.1. The zero-order valence-corrected chi connectivity index (χ0v) is 11.3.